The summed E-state index contributed by atoms with van der Waals surface area (Å²) in [6, 6.07) is 3.45. The average molecular weight is 398 g/mol. The number of aromatic nitrogens is 5. The van der Waals surface area contributed by atoms with Gasteiger partial charge in [0, 0.05) is 18.7 Å². The molecule has 4 rings (SSSR count). The van der Waals surface area contributed by atoms with Gasteiger partial charge >= 0.3 is 0 Å². The number of pyridine rings is 1. The molecule has 1 fully saturated rings. The first-order valence-corrected chi connectivity index (χ1v) is 10.1. The van der Waals surface area contributed by atoms with Crippen molar-refractivity contribution in [1.29, 1.82) is 0 Å². The van der Waals surface area contributed by atoms with Gasteiger partial charge in [0.2, 0.25) is 5.89 Å². The predicted octanol–water partition coefficient (Wildman–Crippen LogP) is 2.73. The van der Waals surface area contributed by atoms with Crippen molar-refractivity contribution in [2.24, 2.45) is 5.92 Å². The second-order valence-corrected chi connectivity index (χ2v) is 7.89. The minimum absolute atomic E-state index is 0.0167. The Balaban J connectivity index is 1.55. The van der Waals surface area contributed by atoms with Crippen molar-refractivity contribution in [3.05, 3.63) is 41.4 Å². The summed E-state index contributed by atoms with van der Waals surface area (Å²) in [5, 5.41) is 22.6. The van der Waals surface area contributed by atoms with Crippen LogP contribution in [0, 0.1) is 5.92 Å². The van der Waals surface area contributed by atoms with Crippen LogP contribution in [0.3, 0.4) is 0 Å². The Labute approximate surface area is 168 Å². The van der Waals surface area contributed by atoms with E-state index >= 15 is 0 Å². The highest BCUT2D eigenvalue weighted by atomic mass is 16.5. The molecule has 9 nitrogen and oxygen atoms in total. The first-order chi connectivity index (χ1) is 14.0. The molecule has 3 aromatic rings. The molecule has 1 unspecified atom stereocenters. The number of carbonyl (C=O) groups excluding carboxylic acids is 1. The van der Waals surface area contributed by atoms with Crippen LogP contribution in [0.25, 0.3) is 5.65 Å². The van der Waals surface area contributed by atoms with Gasteiger partial charge in [-0.25, -0.2) is 0 Å². The molecule has 1 aliphatic rings. The van der Waals surface area contributed by atoms with Crippen molar-refractivity contribution >= 4 is 11.6 Å². The average Bonchev–Trinajstić information content (AvgIpc) is 3.30. The van der Waals surface area contributed by atoms with E-state index in [0.29, 0.717) is 41.2 Å². The molecule has 3 heterocycles. The fraction of sp³-hybridized carbons (Fsp3) is 0.550. The third-order valence-corrected chi connectivity index (χ3v) is 5.51. The molecule has 0 radical (unpaired) electrons. The largest absolute Gasteiger partial charge is 0.385 e. The first-order valence-electron chi connectivity index (χ1n) is 10.1. The van der Waals surface area contributed by atoms with Crippen LogP contribution in [0.4, 0.5) is 0 Å². The number of amides is 1. The van der Waals surface area contributed by atoms with Crippen LogP contribution >= 0.6 is 0 Å². The molecule has 0 bridgehead atoms. The fourth-order valence-corrected chi connectivity index (χ4v) is 3.37. The molecule has 1 aliphatic carbocycles. The normalized spacial score (nSPS) is 15.6. The SMILES string of the molecule is CCN(Cc1noc(C2CCC2)n1)C(=O)c1ccc2nnc(C(O)C(C)C)n2c1. The first kappa shape index (κ1) is 19.5. The van der Waals surface area contributed by atoms with Gasteiger partial charge in [-0.1, -0.05) is 25.4 Å². The fourth-order valence-electron chi connectivity index (χ4n) is 3.37. The van der Waals surface area contributed by atoms with Crippen LogP contribution in [-0.2, 0) is 6.54 Å². The zero-order valence-corrected chi connectivity index (χ0v) is 16.9. The van der Waals surface area contributed by atoms with Crippen LogP contribution in [0.2, 0.25) is 0 Å². The molecule has 1 atom stereocenters. The van der Waals surface area contributed by atoms with Gasteiger partial charge in [-0.15, -0.1) is 10.2 Å². The lowest BCUT2D eigenvalue weighted by Gasteiger charge is -2.21. The van der Waals surface area contributed by atoms with E-state index in [0.717, 1.165) is 12.8 Å². The molecule has 0 aliphatic heterocycles. The highest BCUT2D eigenvalue weighted by Crippen LogP contribution is 2.35. The summed E-state index contributed by atoms with van der Waals surface area (Å²) >= 11 is 0. The quantitative estimate of drug-likeness (QED) is 0.651. The number of aliphatic hydroxyl groups is 1. The van der Waals surface area contributed by atoms with Crippen molar-refractivity contribution in [3.63, 3.8) is 0 Å². The lowest BCUT2D eigenvalue weighted by Crippen LogP contribution is -2.31. The number of carbonyl (C=O) groups is 1. The smallest absolute Gasteiger partial charge is 0.255 e. The summed E-state index contributed by atoms with van der Waals surface area (Å²) in [6.07, 6.45) is 4.28. The van der Waals surface area contributed by atoms with Crippen molar-refractivity contribution in [2.45, 2.75) is 58.6 Å². The van der Waals surface area contributed by atoms with E-state index in [1.807, 2.05) is 20.8 Å². The van der Waals surface area contributed by atoms with Gasteiger partial charge in [-0.3, -0.25) is 9.20 Å². The minimum atomic E-state index is -0.762. The molecule has 1 amide bonds. The van der Waals surface area contributed by atoms with E-state index < -0.39 is 6.10 Å². The maximum Gasteiger partial charge on any atom is 0.255 e. The van der Waals surface area contributed by atoms with Gasteiger partial charge in [0.25, 0.3) is 5.91 Å². The third kappa shape index (κ3) is 3.74. The Kier molecular flexibility index (Phi) is 5.31. The van der Waals surface area contributed by atoms with E-state index in [1.165, 1.54) is 6.42 Å². The van der Waals surface area contributed by atoms with Gasteiger partial charge in [0.05, 0.1) is 12.1 Å². The van der Waals surface area contributed by atoms with Crippen molar-refractivity contribution < 1.29 is 14.4 Å². The summed E-state index contributed by atoms with van der Waals surface area (Å²) in [7, 11) is 0. The Hall–Kier alpha value is -2.81. The lowest BCUT2D eigenvalue weighted by molar-refractivity contribution is 0.0746. The predicted molar refractivity (Wildman–Crippen MR) is 104 cm³/mol. The maximum absolute atomic E-state index is 13.1. The molecule has 9 heteroatoms. The van der Waals surface area contributed by atoms with Crippen LogP contribution < -0.4 is 0 Å². The van der Waals surface area contributed by atoms with Crippen molar-refractivity contribution in [1.82, 2.24) is 29.6 Å². The number of hydrogen-bond donors (Lipinski definition) is 1. The van der Waals surface area contributed by atoms with Crippen LogP contribution in [-0.4, -0.2) is 47.2 Å². The summed E-state index contributed by atoms with van der Waals surface area (Å²) in [6.45, 7) is 6.52. The van der Waals surface area contributed by atoms with E-state index in [-0.39, 0.29) is 18.4 Å². The maximum atomic E-state index is 13.1. The summed E-state index contributed by atoms with van der Waals surface area (Å²) < 4.78 is 7.04. The topological polar surface area (TPSA) is 110 Å². The standard InChI is InChI=1S/C20H26N6O3/c1-4-25(11-15-21-19(29-24-15)13-6-5-7-13)20(28)14-8-9-16-22-23-18(26(16)10-14)17(27)12(2)3/h8-10,12-13,17,27H,4-7,11H2,1-3H3. The number of fused-ring (bicyclic) bond motifs is 1. The van der Waals surface area contributed by atoms with E-state index in [2.05, 4.69) is 20.3 Å². The molecule has 1 N–H and O–H groups in total. The highest BCUT2D eigenvalue weighted by Gasteiger charge is 2.26. The van der Waals surface area contributed by atoms with E-state index in [1.54, 1.807) is 27.6 Å². The summed E-state index contributed by atoms with van der Waals surface area (Å²) in [5.41, 5.74) is 1.07. The molecule has 0 spiro atoms. The molecule has 3 aromatic heterocycles. The lowest BCUT2D eigenvalue weighted by atomic mass is 9.85. The molecule has 0 saturated heterocycles. The number of hydrogen-bond acceptors (Lipinski definition) is 7. The Bertz CT molecular complexity index is 1010. The molecular formula is C20H26N6O3. The highest BCUT2D eigenvalue weighted by molar-refractivity contribution is 5.94. The Morgan fingerprint density at radius 1 is 1.34 bits per heavy atom. The van der Waals surface area contributed by atoms with Crippen LogP contribution in [0.5, 0.6) is 0 Å². The monoisotopic (exact) mass is 398 g/mol. The van der Waals surface area contributed by atoms with Gasteiger partial charge in [0.15, 0.2) is 17.3 Å². The third-order valence-electron chi connectivity index (χ3n) is 5.51. The molecule has 154 valence electrons. The van der Waals surface area contributed by atoms with Gasteiger partial charge in [-0.05, 0) is 37.8 Å². The summed E-state index contributed by atoms with van der Waals surface area (Å²) in [4.78, 5) is 19.2. The number of aliphatic hydroxyl groups excluding tert-OH is 1. The summed E-state index contributed by atoms with van der Waals surface area (Å²) in [5.74, 6) is 1.82. The number of rotatable bonds is 7. The number of nitrogens with zero attached hydrogens (tertiary/aromatic N) is 6. The second-order valence-electron chi connectivity index (χ2n) is 7.89. The Morgan fingerprint density at radius 3 is 2.79 bits per heavy atom. The second kappa shape index (κ2) is 7.90. The molecule has 1 saturated carbocycles. The molecule has 0 aromatic carbocycles. The van der Waals surface area contributed by atoms with E-state index in [9.17, 15) is 9.90 Å². The molecule has 29 heavy (non-hydrogen) atoms. The van der Waals surface area contributed by atoms with Gasteiger partial charge in [-0.2, -0.15) is 4.98 Å². The van der Waals surface area contributed by atoms with Crippen LogP contribution in [0.1, 0.15) is 80.0 Å². The minimum Gasteiger partial charge on any atom is -0.385 e. The van der Waals surface area contributed by atoms with Gasteiger partial charge < -0.3 is 14.5 Å². The van der Waals surface area contributed by atoms with Crippen molar-refractivity contribution in [3.8, 4) is 0 Å². The van der Waals surface area contributed by atoms with E-state index in [4.69, 9.17) is 4.52 Å². The van der Waals surface area contributed by atoms with Crippen molar-refractivity contribution in [2.75, 3.05) is 6.54 Å². The Morgan fingerprint density at radius 2 is 2.14 bits per heavy atom. The zero-order valence-electron chi connectivity index (χ0n) is 16.9. The molecular weight excluding hydrogens is 372 g/mol. The van der Waals surface area contributed by atoms with Gasteiger partial charge in [0.1, 0.15) is 6.10 Å². The van der Waals surface area contributed by atoms with Crippen LogP contribution in [0.15, 0.2) is 22.9 Å². The zero-order chi connectivity index (χ0) is 20.5.